The fourth-order valence-electron chi connectivity index (χ4n) is 1.68. The molecule has 0 aliphatic carbocycles. The van der Waals surface area contributed by atoms with Crippen molar-refractivity contribution in [2.24, 2.45) is 0 Å². The van der Waals surface area contributed by atoms with Gasteiger partial charge >= 0.3 is 5.97 Å². The molecule has 108 valence electrons. The first-order valence-corrected chi connectivity index (χ1v) is 7.83. The molecule has 0 saturated carbocycles. The number of methoxy groups -OCH3 is 1. The van der Waals surface area contributed by atoms with Gasteiger partial charge in [-0.25, -0.2) is 4.79 Å². The maximum atomic E-state index is 12.2. The summed E-state index contributed by atoms with van der Waals surface area (Å²) in [7, 11) is 1.33. The van der Waals surface area contributed by atoms with E-state index < -0.39 is 5.97 Å². The third-order valence-corrected chi connectivity index (χ3v) is 4.10. The first-order chi connectivity index (χ1) is 10.0. The summed E-state index contributed by atoms with van der Waals surface area (Å²) in [4.78, 5) is 23.6. The minimum atomic E-state index is -0.409. The lowest BCUT2D eigenvalue weighted by Gasteiger charge is -2.08. The Hall–Kier alpha value is -1.41. The summed E-state index contributed by atoms with van der Waals surface area (Å²) in [5.41, 5.74) is 1.60. The Balaban J connectivity index is 2.16. The Morgan fingerprint density at radius 3 is 2.43 bits per heavy atom. The molecule has 0 atom stereocenters. The Kier molecular flexibility index (Phi) is 5.35. The number of carbonyl (C=O) groups excluding carboxylic acids is 2. The Labute approximate surface area is 144 Å². The van der Waals surface area contributed by atoms with Crippen LogP contribution in [0.5, 0.6) is 0 Å². The summed E-state index contributed by atoms with van der Waals surface area (Å²) in [6.07, 6.45) is 0. The predicted octanol–water partition coefficient (Wildman–Crippen LogP) is 4.09. The molecule has 1 N–H and O–H groups in total. The number of hydrogen-bond donors (Lipinski definition) is 1. The normalized spacial score (nSPS) is 10.0. The molecule has 0 radical (unpaired) electrons. The van der Waals surface area contributed by atoms with Crippen LogP contribution in [-0.4, -0.2) is 19.0 Å². The minimum Gasteiger partial charge on any atom is -0.465 e. The van der Waals surface area contributed by atoms with Crippen molar-refractivity contribution < 1.29 is 14.3 Å². The average molecular weight is 460 g/mol. The van der Waals surface area contributed by atoms with Gasteiger partial charge in [0.05, 0.1) is 18.2 Å². The molecule has 0 aromatic heterocycles. The maximum absolute atomic E-state index is 12.2. The zero-order valence-corrected chi connectivity index (χ0v) is 14.8. The molecule has 0 saturated heterocycles. The van der Waals surface area contributed by atoms with E-state index in [1.54, 1.807) is 30.3 Å². The van der Waals surface area contributed by atoms with Crippen molar-refractivity contribution in [3.05, 3.63) is 61.6 Å². The van der Waals surface area contributed by atoms with Crippen LogP contribution in [0.1, 0.15) is 20.7 Å². The van der Waals surface area contributed by atoms with Gasteiger partial charge < -0.3 is 10.1 Å². The second kappa shape index (κ2) is 7.04. The van der Waals surface area contributed by atoms with Crippen molar-refractivity contribution in [1.29, 1.82) is 0 Å². The first kappa shape index (κ1) is 16.0. The number of amides is 1. The molecule has 21 heavy (non-hydrogen) atoms. The number of ether oxygens (including phenoxy) is 1. The summed E-state index contributed by atoms with van der Waals surface area (Å²) in [6, 6.07) is 12.1. The van der Waals surface area contributed by atoms with E-state index in [4.69, 9.17) is 0 Å². The fourth-order valence-corrected chi connectivity index (χ4v) is 2.60. The molecular weight excluding hydrogens is 449 g/mol. The molecule has 1 amide bonds. The van der Waals surface area contributed by atoms with Crippen LogP contribution in [0.4, 0.5) is 5.69 Å². The molecule has 0 aliphatic rings. The molecule has 0 heterocycles. The van der Waals surface area contributed by atoms with E-state index in [1.165, 1.54) is 7.11 Å². The van der Waals surface area contributed by atoms with Crippen LogP contribution in [0, 0.1) is 3.57 Å². The van der Waals surface area contributed by atoms with Crippen molar-refractivity contribution in [2.45, 2.75) is 0 Å². The number of rotatable bonds is 3. The number of halogens is 2. The number of benzene rings is 2. The highest BCUT2D eigenvalue weighted by atomic mass is 127. The predicted molar refractivity (Wildman–Crippen MR) is 92.6 cm³/mol. The quantitative estimate of drug-likeness (QED) is 0.555. The van der Waals surface area contributed by atoms with Gasteiger partial charge in [-0.2, -0.15) is 0 Å². The molecule has 0 unspecified atom stereocenters. The molecule has 0 bridgehead atoms. The van der Waals surface area contributed by atoms with Crippen molar-refractivity contribution >= 4 is 56.1 Å². The van der Waals surface area contributed by atoms with E-state index in [2.05, 4.69) is 48.6 Å². The molecule has 2 aromatic rings. The lowest BCUT2D eigenvalue weighted by atomic mass is 10.2. The van der Waals surface area contributed by atoms with Crippen molar-refractivity contribution in [1.82, 2.24) is 0 Å². The minimum absolute atomic E-state index is 0.216. The van der Waals surface area contributed by atoms with Crippen LogP contribution >= 0.6 is 38.5 Å². The molecule has 0 fully saturated rings. The summed E-state index contributed by atoms with van der Waals surface area (Å²) in [5.74, 6) is -0.626. The van der Waals surface area contributed by atoms with Gasteiger partial charge in [-0.3, -0.25) is 4.79 Å². The molecule has 2 aromatic carbocycles. The zero-order valence-electron chi connectivity index (χ0n) is 11.0. The fraction of sp³-hybridized carbons (Fsp3) is 0.0667. The average Bonchev–Trinajstić information content (AvgIpc) is 2.49. The summed E-state index contributed by atoms with van der Waals surface area (Å²) in [5, 5.41) is 2.79. The standard InChI is InChI=1S/C15H11BrINO3/c1-21-15(20)9-2-5-11(6-3-9)18-14(19)12-8-10(17)4-7-13(12)16/h2-8H,1H3,(H,18,19). The van der Waals surface area contributed by atoms with Crippen LogP contribution in [0.25, 0.3) is 0 Å². The molecule has 0 spiro atoms. The zero-order chi connectivity index (χ0) is 15.4. The van der Waals surface area contributed by atoms with Crippen molar-refractivity contribution in [3.8, 4) is 0 Å². The number of hydrogen-bond acceptors (Lipinski definition) is 3. The number of nitrogens with one attached hydrogen (secondary N) is 1. The van der Waals surface area contributed by atoms with Gasteiger partial charge in [0.1, 0.15) is 0 Å². The van der Waals surface area contributed by atoms with Crippen LogP contribution in [-0.2, 0) is 4.74 Å². The number of esters is 1. The van der Waals surface area contributed by atoms with Gasteiger partial charge in [-0.1, -0.05) is 0 Å². The third-order valence-electron chi connectivity index (χ3n) is 2.74. The topological polar surface area (TPSA) is 55.4 Å². The van der Waals surface area contributed by atoms with Gasteiger partial charge in [-0.05, 0) is 81.0 Å². The third kappa shape index (κ3) is 4.04. The van der Waals surface area contributed by atoms with Crippen LogP contribution in [0.3, 0.4) is 0 Å². The Morgan fingerprint density at radius 2 is 1.81 bits per heavy atom. The van der Waals surface area contributed by atoms with Crippen LogP contribution in [0.15, 0.2) is 46.9 Å². The van der Waals surface area contributed by atoms with Gasteiger partial charge in [-0.15, -0.1) is 0 Å². The second-order valence-electron chi connectivity index (χ2n) is 4.15. The highest BCUT2D eigenvalue weighted by molar-refractivity contribution is 14.1. The largest absolute Gasteiger partial charge is 0.465 e. The second-order valence-corrected chi connectivity index (χ2v) is 6.25. The highest BCUT2D eigenvalue weighted by Crippen LogP contribution is 2.21. The van der Waals surface area contributed by atoms with E-state index in [0.717, 1.165) is 8.04 Å². The lowest BCUT2D eigenvalue weighted by molar-refractivity contribution is 0.0600. The van der Waals surface area contributed by atoms with Crippen LogP contribution < -0.4 is 5.32 Å². The molecular formula is C15H11BrINO3. The van der Waals surface area contributed by atoms with Gasteiger partial charge in [0.25, 0.3) is 5.91 Å². The highest BCUT2D eigenvalue weighted by Gasteiger charge is 2.11. The Bertz CT molecular complexity index is 686. The van der Waals surface area contributed by atoms with Crippen molar-refractivity contribution in [3.63, 3.8) is 0 Å². The summed E-state index contributed by atoms with van der Waals surface area (Å²) in [6.45, 7) is 0. The Morgan fingerprint density at radius 1 is 1.14 bits per heavy atom. The van der Waals surface area contributed by atoms with Gasteiger partial charge in [0.2, 0.25) is 0 Å². The smallest absolute Gasteiger partial charge is 0.337 e. The molecule has 4 nitrogen and oxygen atoms in total. The van der Waals surface area contributed by atoms with E-state index in [9.17, 15) is 9.59 Å². The maximum Gasteiger partial charge on any atom is 0.337 e. The lowest BCUT2D eigenvalue weighted by Crippen LogP contribution is -2.13. The van der Waals surface area contributed by atoms with E-state index in [-0.39, 0.29) is 5.91 Å². The van der Waals surface area contributed by atoms with E-state index >= 15 is 0 Å². The van der Waals surface area contributed by atoms with E-state index in [1.807, 2.05) is 12.1 Å². The van der Waals surface area contributed by atoms with E-state index in [0.29, 0.717) is 16.8 Å². The number of carbonyl (C=O) groups is 2. The van der Waals surface area contributed by atoms with Gasteiger partial charge in [0.15, 0.2) is 0 Å². The molecule has 2 rings (SSSR count). The molecule has 0 aliphatic heterocycles. The van der Waals surface area contributed by atoms with Crippen molar-refractivity contribution in [2.75, 3.05) is 12.4 Å². The summed E-state index contributed by atoms with van der Waals surface area (Å²) >= 11 is 5.51. The molecule has 6 heteroatoms. The summed E-state index contributed by atoms with van der Waals surface area (Å²) < 4.78 is 6.32. The monoisotopic (exact) mass is 459 g/mol. The SMILES string of the molecule is COC(=O)c1ccc(NC(=O)c2cc(I)ccc2Br)cc1. The van der Waals surface area contributed by atoms with Gasteiger partial charge in [0, 0.05) is 13.7 Å². The van der Waals surface area contributed by atoms with Crippen LogP contribution in [0.2, 0.25) is 0 Å². The number of anilines is 1. The first-order valence-electron chi connectivity index (χ1n) is 5.96.